The van der Waals surface area contributed by atoms with E-state index in [9.17, 15) is 4.79 Å². The van der Waals surface area contributed by atoms with Crippen LogP contribution in [0.3, 0.4) is 0 Å². The van der Waals surface area contributed by atoms with Crippen molar-refractivity contribution in [3.8, 4) is 0 Å². The number of rotatable bonds is 5. The molecule has 1 aromatic carbocycles. The molecule has 0 bridgehead atoms. The number of carbonyl (C=O) groups excluding carboxylic acids is 1. The lowest BCUT2D eigenvalue weighted by Gasteiger charge is -2.09. The van der Waals surface area contributed by atoms with Crippen molar-refractivity contribution in [1.29, 1.82) is 0 Å². The van der Waals surface area contributed by atoms with Gasteiger partial charge in [-0.3, -0.25) is 4.79 Å². The molecule has 1 aromatic rings. The van der Waals surface area contributed by atoms with Crippen molar-refractivity contribution in [2.75, 3.05) is 11.9 Å². The van der Waals surface area contributed by atoms with E-state index in [1.807, 2.05) is 32.0 Å². The van der Waals surface area contributed by atoms with Gasteiger partial charge in [0.05, 0.1) is 6.54 Å². The van der Waals surface area contributed by atoms with E-state index >= 15 is 0 Å². The summed E-state index contributed by atoms with van der Waals surface area (Å²) in [5.41, 5.74) is 5.37. The van der Waals surface area contributed by atoms with E-state index in [1.54, 1.807) is 0 Å². The number of amides is 1. The molecular weight excluding hydrogens is 262 g/mol. The van der Waals surface area contributed by atoms with Crippen molar-refractivity contribution in [3.63, 3.8) is 0 Å². The van der Waals surface area contributed by atoms with Crippen molar-refractivity contribution in [1.82, 2.24) is 5.43 Å². The third kappa shape index (κ3) is 3.96. The molecule has 0 saturated heterocycles. The molecule has 0 aliphatic heterocycles. The quantitative estimate of drug-likeness (QED) is 0.643. The first kappa shape index (κ1) is 13.9. The van der Waals surface area contributed by atoms with E-state index < -0.39 is 0 Å². The Kier molecular flexibility index (Phi) is 4.43. The standard InChI is InChI=1S/C14H18ClN3O/c1-9-12(15)4-3-5-13(9)16-8-14(19)18-17-10(2)11-6-7-11/h3-5,11,16H,6-8H2,1-2H3,(H,18,19). The summed E-state index contributed by atoms with van der Waals surface area (Å²) in [7, 11) is 0. The van der Waals surface area contributed by atoms with Crippen LogP contribution in [-0.2, 0) is 4.79 Å². The van der Waals surface area contributed by atoms with Crippen LogP contribution in [0, 0.1) is 12.8 Å². The lowest BCUT2D eigenvalue weighted by Crippen LogP contribution is -2.27. The van der Waals surface area contributed by atoms with Crippen LogP contribution in [0.5, 0.6) is 0 Å². The zero-order valence-electron chi connectivity index (χ0n) is 11.2. The van der Waals surface area contributed by atoms with E-state index in [1.165, 1.54) is 12.8 Å². The van der Waals surface area contributed by atoms with Crippen LogP contribution in [0.15, 0.2) is 23.3 Å². The number of halogens is 1. The van der Waals surface area contributed by atoms with Gasteiger partial charge < -0.3 is 5.32 Å². The van der Waals surface area contributed by atoms with Crippen molar-refractivity contribution >= 4 is 28.9 Å². The molecular formula is C14H18ClN3O. The predicted octanol–water partition coefficient (Wildman–Crippen LogP) is 2.96. The van der Waals surface area contributed by atoms with Crippen LogP contribution < -0.4 is 10.7 Å². The molecule has 1 fully saturated rings. The number of carbonyl (C=O) groups is 1. The monoisotopic (exact) mass is 279 g/mol. The van der Waals surface area contributed by atoms with Crippen LogP contribution in [-0.4, -0.2) is 18.2 Å². The minimum Gasteiger partial charge on any atom is -0.376 e. The maximum Gasteiger partial charge on any atom is 0.259 e. The molecule has 0 aromatic heterocycles. The topological polar surface area (TPSA) is 53.5 Å². The summed E-state index contributed by atoms with van der Waals surface area (Å²) in [6.07, 6.45) is 2.37. The number of hydrazone groups is 1. The molecule has 0 spiro atoms. The van der Waals surface area contributed by atoms with Crippen LogP contribution in [0.1, 0.15) is 25.3 Å². The van der Waals surface area contributed by atoms with Gasteiger partial charge in [0.2, 0.25) is 0 Å². The van der Waals surface area contributed by atoms with Gasteiger partial charge in [-0.15, -0.1) is 0 Å². The van der Waals surface area contributed by atoms with Crippen molar-refractivity contribution < 1.29 is 4.79 Å². The fourth-order valence-corrected chi connectivity index (χ4v) is 1.93. The average Bonchev–Trinajstić information content (AvgIpc) is 3.22. The zero-order chi connectivity index (χ0) is 13.8. The van der Waals surface area contributed by atoms with E-state index in [0.717, 1.165) is 17.0 Å². The van der Waals surface area contributed by atoms with Crippen molar-refractivity contribution in [3.05, 3.63) is 28.8 Å². The van der Waals surface area contributed by atoms with Gasteiger partial charge in [-0.05, 0) is 50.3 Å². The normalized spacial score (nSPS) is 15.2. The molecule has 0 heterocycles. The van der Waals surface area contributed by atoms with Crippen molar-refractivity contribution in [2.45, 2.75) is 26.7 Å². The Balaban J connectivity index is 1.83. The summed E-state index contributed by atoms with van der Waals surface area (Å²) in [5.74, 6) is 0.419. The molecule has 0 atom stereocenters. The first-order valence-corrected chi connectivity index (χ1v) is 6.77. The number of hydrogen-bond acceptors (Lipinski definition) is 3. The smallest absolute Gasteiger partial charge is 0.259 e. The maximum absolute atomic E-state index is 11.6. The summed E-state index contributed by atoms with van der Waals surface area (Å²) >= 11 is 6.01. The number of anilines is 1. The number of nitrogens with zero attached hydrogens (tertiary/aromatic N) is 1. The second-order valence-corrected chi connectivity index (χ2v) is 5.24. The van der Waals surface area contributed by atoms with E-state index in [4.69, 9.17) is 11.6 Å². The van der Waals surface area contributed by atoms with Crippen LogP contribution in [0.2, 0.25) is 5.02 Å². The number of benzene rings is 1. The Morgan fingerprint density at radius 1 is 1.47 bits per heavy atom. The molecule has 1 aliphatic rings. The lowest BCUT2D eigenvalue weighted by molar-refractivity contribution is -0.119. The van der Waals surface area contributed by atoms with Gasteiger partial charge in [-0.2, -0.15) is 5.10 Å². The number of nitrogens with one attached hydrogen (secondary N) is 2. The van der Waals surface area contributed by atoms with Gasteiger partial charge in [0.15, 0.2) is 0 Å². The second kappa shape index (κ2) is 6.06. The van der Waals surface area contributed by atoms with E-state index in [2.05, 4.69) is 15.8 Å². The summed E-state index contributed by atoms with van der Waals surface area (Å²) in [5, 5.41) is 7.83. The minimum atomic E-state index is -0.153. The Hall–Kier alpha value is -1.55. The fourth-order valence-electron chi connectivity index (χ4n) is 1.76. The lowest BCUT2D eigenvalue weighted by atomic mass is 10.2. The highest BCUT2D eigenvalue weighted by Crippen LogP contribution is 2.30. The molecule has 2 rings (SSSR count). The first-order chi connectivity index (χ1) is 9.08. The third-order valence-corrected chi connectivity index (χ3v) is 3.64. The molecule has 1 amide bonds. The van der Waals surface area contributed by atoms with Gasteiger partial charge in [0.25, 0.3) is 5.91 Å². The minimum absolute atomic E-state index is 0.153. The van der Waals surface area contributed by atoms with Gasteiger partial charge >= 0.3 is 0 Å². The van der Waals surface area contributed by atoms with E-state index in [0.29, 0.717) is 10.9 Å². The fraction of sp³-hybridized carbons (Fsp3) is 0.429. The second-order valence-electron chi connectivity index (χ2n) is 4.83. The highest BCUT2D eigenvalue weighted by Gasteiger charge is 2.24. The molecule has 0 unspecified atom stereocenters. The Morgan fingerprint density at radius 2 is 2.21 bits per heavy atom. The molecule has 2 N–H and O–H groups in total. The summed E-state index contributed by atoms with van der Waals surface area (Å²) in [4.78, 5) is 11.6. The van der Waals surface area contributed by atoms with E-state index in [-0.39, 0.29) is 12.5 Å². The molecule has 4 nitrogen and oxygen atoms in total. The van der Waals surface area contributed by atoms with Crippen LogP contribution in [0.25, 0.3) is 0 Å². The molecule has 1 saturated carbocycles. The summed E-state index contributed by atoms with van der Waals surface area (Å²) in [6, 6.07) is 5.57. The van der Waals surface area contributed by atoms with Gasteiger partial charge in [-0.25, -0.2) is 5.43 Å². The SMILES string of the molecule is CC(=NNC(=O)CNc1cccc(Cl)c1C)C1CC1. The Morgan fingerprint density at radius 3 is 2.89 bits per heavy atom. The maximum atomic E-state index is 11.6. The van der Waals surface area contributed by atoms with Gasteiger partial charge in [-0.1, -0.05) is 17.7 Å². The molecule has 0 radical (unpaired) electrons. The summed E-state index contributed by atoms with van der Waals surface area (Å²) in [6.45, 7) is 4.05. The molecule has 1 aliphatic carbocycles. The summed E-state index contributed by atoms with van der Waals surface area (Å²) < 4.78 is 0. The number of hydrogen-bond donors (Lipinski definition) is 2. The molecule has 19 heavy (non-hydrogen) atoms. The van der Waals surface area contributed by atoms with Crippen LogP contribution in [0.4, 0.5) is 5.69 Å². The predicted molar refractivity (Wildman–Crippen MR) is 78.7 cm³/mol. The highest BCUT2D eigenvalue weighted by molar-refractivity contribution is 6.31. The third-order valence-electron chi connectivity index (χ3n) is 3.23. The molecule has 102 valence electrons. The van der Waals surface area contributed by atoms with Crippen LogP contribution >= 0.6 is 11.6 Å². The van der Waals surface area contributed by atoms with Crippen molar-refractivity contribution in [2.24, 2.45) is 11.0 Å². The Bertz CT molecular complexity index is 509. The largest absolute Gasteiger partial charge is 0.376 e. The Labute approximate surface area is 118 Å². The first-order valence-electron chi connectivity index (χ1n) is 6.40. The molecule has 5 heteroatoms. The zero-order valence-corrected chi connectivity index (χ0v) is 11.9. The highest BCUT2D eigenvalue weighted by atomic mass is 35.5. The average molecular weight is 280 g/mol. The van der Waals surface area contributed by atoms with Gasteiger partial charge in [0.1, 0.15) is 0 Å². The van der Waals surface area contributed by atoms with Gasteiger partial charge in [0, 0.05) is 16.4 Å².